The first kappa shape index (κ1) is 15.8. The molecule has 0 saturated heterocycles. The van der Waals surface area contributed by atoms with Crippen molar-refractivity contribution in [2.24, 2.45) is 0 Å². The van der Waals surface area contributed by atoms with Crippen molar-refractivity contribution in [1.82, 2.24) is 10.3 Å². The van der Waals surface area contributed by atoms with Crippen molar-refractivity contribution in [2.45, 2.75) is 38.8 Å². The number of aryl methyl sites for hydroxylation is 1. The van der Waals surface area contributed by atoms with Gasteiger partial charge in [0.25, 0.3) is 0 Å². The number of carbonyl (C=O) groups excluding carboxylic acids is 1. The van der Waals surface area contributed by atoms with E-state index in [9.17, 15) is 4.79 Å². The number of thiazole rings is 1. The third kappa shape index (κ3) is 3.82. The van der Waals surface area contributed by atoms with E-state index >= 15 is 0 Å². The van der Waals surface area contributed by atoms with Gasteiger partial charge in [0.1, 0.15) is 17.6 Å². The third-order valence-electron chi connectivity index (χ3n) is 3.87. The van der Waals surface area contributed by atoms with Crippen LogP contribution in [0.3, 0.4) is 0 Å². The van der Waals surface area contributed by atoms with E-state index in [1.807, 2.05) is 24.4 Å². The largest absolute Gasteiger partial charge is 0.496 e. The smallest absolute Gasteiger partial charge is 0.220 e. The van der Waals surface area contributed by atoms with Crippen LogP contribution in [-0.2, 0) is 24.2 Å². The van der Waals surface area contributed by atoms with Gasteiger partial charge in [-0.2, -0.15) is 0 Å². The first-order valence-electron chi connectivity index (χ1n) is 7.66. The monoisotopic (exact) mass is 332 g/mol. The molecule has 0 saturated carbocycles. The molecule has 6 heteroatoms. The zero-order valence-electron chi connectivity index (χ0n) is 13.3. The van der Waals surface area contributed by atoms with Gasteiger partial charge in [-0.05, 0) is 25.5 Å². The van der Waals surface area contributed by atoms with Gasteiger partial charge in [-0.15, -0.1) is 11.3 Å². The highest BCUT2D eigenvalue weighted by atomic mass is 32.1. The van der Waals surface area contributed by atoms with Crippen molar-refractivity contribution < 1.29 is 14.3 Å². The Labute approximate surface area is 139 Å². The normalized spacial score (nSPS) is 15.8. The Hall–Kier alpha value is -2.08. The number of rotatable bonds is 6. The maximum absolute atomic E-state index is 12.0. The molecular formula is C17H20N2O3S. The highest BCUT2D eigenvalue weighted by molar-refractivity contribution is 7.07. The molecule has 5 nitrogen and oxygen atoms in total. The molecule has 0 radical (unpaired) electrons. The van der Waals surface area contributed by atoms with Crippen molar-refractivity contribution >= 4 is 17.2 Å². The molecule has 122 valence electrons. The number of amides is 1. The summed E-state index contributed by atoms with van der Waals surface area (Å²) in [6, 6.07) is 3.98. The van der Waals surface area contributed by atoms with Gasteiger partial charge in [-0.3, -0.25) is 4.79 Å². The lowest BCUT2D eigenvalue weighted by Gasteiger charge is -2.12. The Morgan fingerprint density at radius 2 is 2.39 bits per heavy atom. The lowest BCUT2D eigenvalue weighted by Crippen LogP contribution is -2.23. The van der Waals surface area contributed by atoms with Gasteiger partial charge in [-0.1, -0.05) is 0 Å². The molecule has 0 fully saturated rings. The summed E-state index contributed by atoms with van der Waals surface area (Å²) in [4.78, 5) is 16.2. The Morgan fingerprint density at radius 3 is 3.13 bits per heavy atom. The minimum atomic E-state index is 0.00911. The van der Waals surface area contributed by atoms with Crippen LogP contribution in [0.2, 0.25) is 0 Å². The summed E-state index contributed by atoms with van der Waals surface area (Å²) in [6.07, 6.45) is 2.19. The van der Waals surface area contributed by atoms with Crippen LogP contribution in [0, 0.1) is 0 Å². The molecule has 23 heavy (non-hydrogen) atoms. The Kier molecular flexibility index (Phi) is 4.81. The highest BCUT2D eigenvalue weighted by Gasteiger charge is 2.21. The summed E-state index contributed by atoms with van der Waals surface area (Å²) < 4.78 is 11.2. The minimum Gasteiger partial charge on any atom is -0.496 e. The molecule has 2 aromatic rings. The molecule has 3 rings (SSSR count). The molecule has 1 aliphatic rings. The van der Waals surface area contributed by atoms with Crippen LogP contribution < -0.4 is 14.8 Å². The van der Waals surface area contributed by atoms with Crippen LogP contribution in [0.1, 0.15) is 30.2 Å². The first-order valence-corrected chi connectivity index (χ1v) is 8.60. The van der Waals surface area contributed by atoms with Gasteiger partial charge in [0, 0.05) is 35.9 Å². The van der Waals surface area contributed by atoms with Gasteiger partial charge in [0.15, 0.2) is 0 Å². The highest BCUT2D eigenvalue weighted by Crippen LogP contribution is 2.34. The number of hydrogen-bond donors (Lipinski definition) is 1. The maximum atomic E-state index is 12.0. The van der Waals surface area contributed by atoms with Gasteiger partial charge in [0.05, 0.1) is 18.3 Å². The molecule has 0 spiro atoms. The Bertz CT molecular complexity index is 685. The van der Waals surface area contributed by atoms with Crippen LogP contribution >= 0.6 is 11.3 Å². The van der Waals surface area contributed by atoms with E-state index in [-0.39, 0.29) is 12.0 Å². The summed E-state index contributed by atoms with van der Waals surface area (Å²) in [6.45, 7) is 2.48. The minimum absolute atomic E-state index is 0.00911. The number of ether oxygens (including phenoxy) is 2. The average Bonchev–Trinajstić information content (AvgIpc) is 3.17. The number of carbonyl (C=O) groups is 1. The number of aromatic nitrogens is 1. The van der Waals surface area contributed by atoms with Gasteiger partial charge in [0.2, 0.25) is 5.91 Å². The standard InChI is InChI=1S/C17H20N2O3S/c1-11-5-12-6-15(21-2)13(7-16(12)22-11)8-18-17(20)4-3-14-9-23-10-19-14/h6-7,9-11H,3-5,8H2,1-2H3,(H,18,20). The molecular weight excluding hydrogens is 312 g/mol. The summed E-state index contributed by atoms with van der Waals surface area (Å²) in [5, 5.41) is 4.91. The van der Waals surface area contributed by atoms with Crippen molar-refractivity contribution in [2.75, 3.05) is 7.11 Å². The van der Waals surface area contributed by atoms with Gasteiger partial charge in [-0.25, -0.2) is 4.98 Å². The zero-order chi connectivity index (χ0) is 16.2. The van der Waals surface area contributed by atoms with Crippen molar-refractivity contribution in [1.29, 1.82) is 0 Å². The second-order valence-electron chi connectivity index (χ2n) is 5.66. The first-order chi connectivity index (χ1) is 11.2. The topological polar surface area (TPSA) is 60.5 Å². The molecule has 1 unspecified atom stereocenters. The maximum Gasteiger partial charge on any atom is 0.220 e. The predicted molar refractivity (Wildman–Crippen MR) is 89.1 cm³/mol. The Morgan fingerprint density at radius 1 is 1.52 bits per heavy atom. The van der Waals surface area contributed by atoms with Crippen LogP contribution in [0.5, 0.6) is 11.5 Å². The van der Waals surface area contributed by atoms with E-state index in [0.29, 0.717) is 19.4 Å². The van der Waals surface area contributed by atoms with Crippen molar-refractivity contribution in [3.8, 4) is 11.5 Å². The summed E-state index contributed by atoms with van der Waals surface area (Å²) >= 11 is 1.54. The fourth-order valence-electron chi connectivity index (χ4n) is 2.69. The number of methoxy groups -OCH3 is 1. The van der Waals surface area contributed by atoms with Crippen LogP contribution in [0.4, 0.5) is 0 Å². The number of nitrogens with zero attached hydrogens (tertiary/aromatic N) is 1. The van der Waals surface area contributed by atoms with Crippen molar-refractivity contribution in [3.05, 3.63) is 39.8 Å². The van der Waals surface area contributed by atoms with Crippen LogP contribution in [0.25, 0.3) is 0 Å². The summed E-state index contributed by atoms with van der Waals surface area (Å²) in [5.74, 6) is 1.70. The second-order valence-corrected chi connectivity index (χ2v) is 6.38. The summed E-state index contributed by atoms with van der Waals surface area (Å²) in [7, 11) is 1.65. The van der Waals surface area contributed by atoms with E-state index in [4.69, 9.17) is 9.47 Å². The number of nitrogens with one attached hydrogen (secondary N) is 1. The van der Waals surface area contributed by atoms with Crippen LogP contribution in [0.15, 0.2) is 23.0 Å². The van der Waals surface area contributed by atoms with E-state index in [2.05, 4.69) is 10.3 Å². The van der Waals surface area contributed by atoms with E-state index in [1.54, 1.807) is 24.0 Å². The molecule has 1 aliphatic heterocycles. The molecule has 2 heterocycles. The SMILES string of the molecule is COc1cc2c(cc1CNC(=O)CCc1cscn1)OC(C)C2. The average molecular weight is 332 g/mol. The number of fused-ring (bicyclic) bond motifs is 1. The number of benzene rings is 1. The lowest BCUT2D eigenvalue weighted by molar-refractivity contribution is -0.121. The fraction of sp³-hybridized carbons (Fsp3) is 0.412. The molecule has 0 aliphatic carbocycles. The molecule has 1 atom stereocenters. The molecule has 0 bridgehead atoms. The third-order valence-corrected chi connectivity index (χ3v) is 4.50. The lowest BCUT2D eigenvalue weighted by atomic mass is 10.1. The zero-order valence-corrected chi connectivity index (χ0v) is 14.1. The van der Waals surface area contributed by atoms with E-state index < -0.39 is 0 Å². The molecule has 1 aromatic carbocycles. The predicted octanol–water partition coefficient (Wildman–Crippen LogP) is 2.72. The fourth-order valence-corrected chi connectivity index (χ4v) is 3.29. The van der Waals surface area contributed by atoms with Gasteiger partial charge < -0.3 is 14.8 Å². The molecule has 1 aromatic heterocycles. The van der Waals surface area contributed by atoms with E-state index in [0.717, 1.165) is 34.7 Å². The molecule has 1 N–H and O–H groups in total. The quantitative estimate of drug-likeness (QED) is 0.883. The second kappa shape index (κ2) is 7.00. The van der Waals surface area contributed by atoms with Crippen molar-refractivity contribution in [3.63, 3.8) is 0 Å². The number of hydrogen-bond acceptors (Lipinski definition) is 5. The van der Waals surface area contributed by atoms with Crippen LogP contribution in [-0.4, -0.2) is 24.1 Å². The van der Waals surface area contributed by atoms with Gasteiger partial charge >= 0.3 is 0 Å². The molecule has 1 amide bonds. The summed E-state index contributed by atoms with van der Waals surface area (Å²) in [5.41, 5.74) is 4.84. The van der Waals surface area contributed by atoms with E-state index in [1.165, 1.54) is 0 Å². The Balaban J connectivity index is 1.59.